The number of hydrogen-bond acceptors (Lipinski definition) is 3. The summed E-state index contributed by atoms with van der Waals surface area (Å²) in [7, 11) is 2.07. The highest BCUT2D eigenvalue weighted by atomic mass is 16.5. The molecule has 19 heavy (non-hydrogen) atoms. The van der Waals surface area contributed by atoms with Gasteiger partial charge in [0, 0.05) is 6.04 Å². The molecule has 0 spiro atoms. The summed E-state index contributed by atoms with van der Waals surface area (Å²) in [4.78, 5) is 9.60. The molecule has 0 radical (unpaired) electrons. The quantitative estimate of drug-likeness (QED) is 0.751. The van der Waals surface area contributed by atoms with Crippen molar-refractivity contribution in [3.8, 4) is 0 Å². The summed E-state index contributed by atoms with van der Waals surface area (Å²) in [5.74, 6) is 0. The van der Waals surface area contributed by atoms with Crippen LogP contribution in [0.4, 0.5) is 0 Å². The van der Waals surface area contributed by atoms with E-state index in [4.69, 9.17) is 0 Å². The molecule has 0 aliphatic heterocycles. The molecule has 0 atom stereocenters. The van der Waals surface area contributed by atoms with Gasteiger partial charge in [0.2, 0.25) is 0 Å². The molecule has 1 rings (SSSR count). The normalized spacial score (nSPS) is 14.5. The van der Waals surface area contributed by atoms with Crippen molar-refractivity contribution in [2.24, 2.45) is 0 Å². The molecule has 1 aliphatic carbocycles. The van der Waals surface area contributed by atoms with Gasteiger partial charge in [-0.1, -0.05) is 47.0 Å². The fraction of sp³-hybridized carbons (Fsp3) is 0.938. The minimum absolute atomic E-state index is 0.318. The van der Waals surface area contributed by atoms with Crippen molar-refractivity contribution >= 4 is 6.47 Å². The van der Waals surface area contributed by atoms with Crippen LogP contribution in [-0.2, 0) is 9.53 Å². The van der Waals surface area contributed by atoms with E-state index >= 15 is 0 Å². The number of ether oxygens (including phenoxy) is 1. The van der Waals surface area contributed by atoms with E-state index in [1.54, 1.807) is 0 Å². The van der Waals surface area contributed by atoms with E-state index in [1.807, 2.05) is 48.5 Å². The first-order valence-electron chi connectivity index (χ1n) is 7.78. The van der Waals surface area contributed by atoms with Crippen LogP contribution in [0.1, 0.15) is 80.6 Å². The number of rotatable bonds is 2. The Balaban J connectivity index is -0.000000215. The van der Waals surface area contributed by atoms with Crippen molar-refractivity contribution < 1.29 is 9.53 Å². The van der Waals surface area contributed by atoms with Crippen LogP contribution in [0.3, 0.4) is 0 Å². The maximum absolute atomic E-state index is 9.60. The molecule has 1 aliphatic rings. The third-order valence-corrected chi connectivity index (χ3v) is 2.42. The van der Waals surface area contributed by atoms with E-state index in [2.05, 4.69) is 17.1 Å². The first-order valence-corrected chi connectivity index (χ1v) is 7.78. The highest BCUT2D eigenvalue weighted by molar-refractivity contribution is 5.37. The second-order valence-electron chi connectivity index (χ2n) is 4.95. The molecule has 0 unspecified atom stereocenters. The second kappa shape index (κ2) is 17.4. The van der Waals surface area contributed by atoms with Crippen LogP contribution in [-0.4, -0.2) is 25.2 Å². The van der Waals surface area contributed by atoms with Crippen molar-refractivity contribution in [1.29, 1.82) is 0 Å². The Labute approximate surface area is 121 Å². The number of carbonyl (C=O) groups excluding carboxylic acids is 1. The summed E-state index contributed by atoms with van der Waals surface area (Å²) in [6, 6.07) is 0.837. The zero-order chi connectivity index (χ0) is 15.7. The van der Waals surface area contributed by atoms with E-state index in [0.717, 1.165) is 6.04 Å². The zero-order valence-corrected chi connectivity index (χ0v) is 14.5. The Kier molecular flexibility index (Phi) is 21.6. The number of carbonyl (C=O) groups is 1. The molecule has 0 bridgehead atoms. The maximum Gasteiger partial charge on any atom is 0.293 e. The Hall–Kier alpha value is -0.570. The van der Waals surface area contributed by atoms with Gasteiger partial charge in [-0.2, -0.15) is 0 Å². The van der Waals surface area contributed by atoms with Gasteiger partial charge in [-0.3, -0.25) is 4.79 Å². The monoisotopic (exact) mass is 275 g/mol. The molecule has 1 fully saturated rings. The first kappa shape index (κ1) is 23.5. The molecule has 0 amide bonds. The van der Waals surface area contributed by atoms with E-state index in [0.29, 0.717) is 6.47 Å². The third-order valence-electron chi connectivity index (χ3n) is 2.42. The average molecular weight is 275 g/mol. The lowest BCUT2D eigenvalue weighted by molar-refractivity contribution is -0.138. The van der Waals surface area contributed by atoms with Crippen molar-refractivity contribution in [2.45, 2.75) is 92.2 Å². The second-order valence-corrected chi connectivity index (χ2v) is 4.95. The van der Waals surface area contributed by atoms with Gasteiger partial charge in [0.15, 0.2) is 0 Å². The van der Waals surface area contributed by atoms with Crippen LogP contribution in [0.25, 0.3) is 0 Å². The van der Waals surface area contributed by atoms with Crippen LogP contribution >= 0.6 is 0 Å². The lowest BCUT2D eigenvalue weighted by Crippen LogP contribution is -2.26. The fourth-order valence-corrected chi connectivity index (χ4v) is 1.54. The summed E-state index contributed by atoms with van der Waals surface area (Å²) in [6.45, 7) is 13.9. The summed E-state index contributed by atoms with van der Waals surface area (Å²) in [5, 5.41) is 3.30. The van der Waals surface area contributed by atoms with Gasteiger partial charge in [-0.15, -0.1) is 0 Å². The number of nitrogens with one attached hydrogen (secondary N) is 1. The topological polar surface area (TPSA) is 38.3 Å². The fourth-order valence-electron chi connectivity index (χ4n) is 1.54. The van der Waals surface area contributed by atoms with Crippen LogP contribution in [0.15, 0.2) is 0 Å². The zero-order valence-electron chi connectivity index (χ0n) is 14.5. The molecule has 1 N–H and O–H groups in total. The Morgan fingerprint density at radius 1 is 1.00 bits per heavy atom. The molecule has 3 heteroatoms. The Bertz CT molecular complexity index is 159. The predicted molar refractivity (Wildman–Crippen MR) is 85.5 cm³/mol. The van der Waals surface area contributed by atoms with Crippen LogP contribution in [0, 0.1) is 0 Å². The van der Waals surface area contributed by atoms with Gasteiger partial charge in [-0.25, -0.2) is 0 Å². The number of hydrogen-bond donors (Lipinski definition) is 1. The molecule has 0 aromatic heterocycles. The van der Waals surface area contributed by atoms with Gasteiger partial charge in [-0.05, 0) is 40.7 Å². The minimum atomic E-state index is -0.318. The highest BCUT2D eigenvalue weighted by Gasteiger charge is 2.09. The lowest BCUT2D eigenvalue weighted by Gasteiger charge is -2.20. The SMILES string of the molecule is CC.CC.CC(C)(C)OC=O.CNC1CCCCC1. The van der Waals surface area contributed by atoms with E-state index in [-0.39, 0.29) is 5.60 Å². The summed E-state index contributed by atoms with van der Waals surface area (Å²) in [5.41, 5.74) is -0.318. The minimum Gasteiger partial charge on any atom is -0.462 e. The maximum atomic E-state index is 9.60. The molecule has 0 saturated heterocycles. The molecule has 0 aromatic rings. The molecule has 118 valence electrons. The van der Waals surface area contributed by atoms with E-state index in [9.17, 15) is 4.79 Å². The molecular weight excluding hydrogens is 238 g/mol. The van der Waals surface area contributed by atoms with Crippen molar-refractivity contribution in [3.63, 3.8) is 0 Å². The van der Waals surface area contributed by atoms with Gasteiger partial charge >= 0.3 is 0 Å². The molecule has 1 saturated carbocycles. The molecular formula is C16H37NO2. The van der Waals surface area contributed by atoms with Crippen molar-refractivity contribution in [2.75, 3.05) is 7.05 Å². The third kappa shape index (κ3) is 23.0. The first-order chi connectivity index (χ1) is 8.99. The predicted octanol–water partition coefficient (Wildman–Crippen LogP) is 4.55. The van der Waals surface area contributed by atoms with Crippen LogP contribution in [0.5, 0.6) is 0 Å². The smallest absolute Gasteiger partial charge is 0.293 e. The molecule has 0 aromatic carbocycles. The van der Waals surface area contributed by atoms with E-state index in [1.165, 1.54) is 32.1 Å². The Morgan fingerprint density at radius 3 is 1.58 bits per heavy atom. The summed E-state index contributed by atoms with van der Waals surface area (Å²) < 4.78 is 4.55. The standard InChI is InChI=1S/C7H15N.C5H10O2.2C2H6/c1-8-7-5-3-2-4-6-7;1-5(2,3)7-4-6;2*1-2/h7-8H,2-6H2,1H3;4H,1-3H3;2*1-2H3. The molecule has 0 heterocycles. The van der Waals surface area contributed by atoms with Crippen LogP contribution < -0.4 is 5.32 Å². The summed E-state index contributed by atoms with van der Waals surface area (Å²) >= 11 is 0. The van der Waals surface area contributed by atoms with Gasteiger partial charge in [0.05, 0.1) is 0 Å². The van der Waals surface area contributed by atoms with Gasteiger partial charge < -0.3 is 10.1 Å². The molecule has 3 nitrogen and oxygen atoms in total. The van der Waals surface area contributed by atoms with Gasteiger partial charge in [0.25, 0.3) is 6.47 Å². The van der Waals surface area contributed by atoms with Crippen LogP contribution in [0.2, 0.25) is 0 Å². The van der Waals surface area contributed by atoms with Crippen molar-refractivity contribution in [1.82, 2.24) is 5.32 Å². The van der Waals surface area contributed by atoms with Crippen molar-refractivity contribution in [3.05, 3.63) is 0 Å². The summed E-state index contributed by atoms with van der Waals surface area (Å²) in [6.07, 6.45) is 7.13. The average Bonchev–Trinajstić information content (AvgIpc) is 2.43. The lowest BCUT2D eigenvalue weighted by atomic mass is 9.96. The highest BCUT2D eigenvalue weighted by Crippen LogP contribution is 2.16. The van der Waals surface area contributed by atoms with E-state index < -0.39 is 0 Å². The largest absolute Gasteiger partial charge is 0.462 e. The van der Waals surface area contributed by atoms with Gasteiger partial charge in [0.1, 0.15) is 5.60 Å². The Morgan fingerprint density at radius 2 is 1.42 bits per heavy atom.